The Balaban J connectivity index is 1.87. The number of anilines is 2. The molecule has 2 unspecified atom stereocenters. The second kappa shape index (κ2) is 7.46. The number of carbonyl (C=O) groups excluding carboxylic acids is 1. The second-order valence-corrected chi connectivity index (χ2v) is 7.78. The van der Waals surface area contributed by atoms with Crippen LogP contribution in [0, 0.1) is 17.2 Å². The number of rotatable bonds is 2. The van der Waals surface area contributed by atoms with Crippen molar-refractivity contribution in [1.29, 1.82) is 5.26 Å². The molecule has 144 valence electrons. The van der Waals surface area contributed by atoms with Gasteiger partial charge in [-0.05, 0) is 37.0 Å². The number of carbonyl (C=O) groups is 1. The molecule has 0 bridgehead atoms. The Morgan fingerprint density at radius 1 is 1.18 bits per heavy atom. The lowest BCUT2D eigenvalue weighted by Crippen LogP contribution is -2.40. The maximum Gasteiger partial charge on any atom is 0.258 e. The zero-order valence-electron chi connectivity index (χ0n) is 14.8. The lowest BCUT2D eigenvalue weighted by molar-refractivity contribution is -0.119. The lowest BCUT2D eigenvalue weighted by atomic mass is 9.79. The third-order valence-corrected chi connectivity index (χ3v) is 5.77. The number of amides is 1. The van der Waals surface area contributed by atoms with Gasteiger partial charge in [0, 0.05) is 29.1 Å². The molecule has 28 heavy (non-hydrogen) atoms. The fraction of sp³-hybridized carbons (Fsp3) is 0.368. The van der Waals surface area contributed by atoms with Gasteiger partial charge in [-0.3, -0.25) is 14.6 Å². The first-order chi connectivity index (χ1) is 13.5. The van der Waals surface area contributed by atoms with Crippen LogP contribution in [0.25, 0.3) is 0 Å². The molecule has 0 radical (unpaired) electrons. The molecular weight excluding hydrogens is 401 g/mol. The van der Waals surface area contributed by atoms with Gasteiger partial charge in [-0.2, -0.15) is 10.2 Å². The van der Waals surface area contributed by atoms with E-state index in [9.17, 15) is 14.9 Å². The van der Waals surface area contributed by atoms with Crippen molar-refractivity contribution < 1.29 is 4.79 Å². The van der Waals surface area contributed by atoms with Crippen molar-refractivity contribution in [2.24, 2.45) is 5.92 Å². The van der Waals surface area contributed by atoms with Crippen LogP contribution in [0.2, 0.25) is 10.0 Å². The van der Waals surface area contributed by atoms with Gasteiger partial charge in [-0.1, -0.05) is 29.3 Å². The average molecular weight is 418 g/mol. The molecule has 2 aliphatic heterocycles. The molecule has 1 aromatic heterocycles. The normalized spacial score (nSPS) is 21.6. The number of halogens is 2. The SMILES string of the molecule is N#CC1C(=O)Nc2nc(N3CCCCC3)[nH]c(=O)c2C1c1ccc(Cl)cc1Cl. The van der Waals surface area contributed by atoms with E-state index in [1.54, 1.807) is 12.1 Å². The highest BCUT2D eigenvalue weighted by Crippen LogP contribution is 2.41. The van der Waals surface area contributed by atoms with Crippen LogP contribution >= 0.6 is 23.2 Å². The van der Waals surface area contributed by atoms with Crippen LogP contribution in [0.5, 0.6) is 0 Å². The number of H-pyrrole nitrogens is 1. The Labute approximate surface area is 171 Å². The molecule has 0 saturated carbocycles. The Kier molecular flexibility index (Phi) is 5.00. The van der Waals surface area contributed by atoms with Gasteiger partial charge < -0.3 is 10.2 Å². The first-order valence-electron chi connectivity index (χ1n) is 9.04. The molecule has 0 aliphatic carbocycles. The number of hydrogen-bond acceptors (Lipinski definition) is 5. The number of aromatic amines is 1. The second-order valence-electron chi connectivity index (χ2n) is 6.94. The van der Waals surface area contributed by atoms with Crippen molar-refractivity contribution >= 4 is 40.9 Å². The molecule has 1 saturated heterocycles. The summed E-state index contributed by atoms with van der Waals surface area (Å²) in [6.07, 6.45) is 3.18. The number of nitrogens with one attached hydrogen (secondary N) is 2. The lowest BCUT2D eigenvalue weighted by Gasteiger charge is -2.31. The number of fused-ring (bicyclic) bond motifs is 1. The van der Waals surface area contributed by atoms with Gasteiger partial charge in [-0.15, -0.1) is 0 Å². The standard InChI is InChI=1S/C19H17Cl2N5O2/c20-10-4-5-11(13(21)8-10)14-12(9-22)17(27)23-16-15(14)18(28)25-19(24-16)26-6-2-1-3-7-26/h4-5,8,12,14H,1-3,6-7H2,(H2,23,24,25,27,28). The van der Waals surface area contributed by atoms with E-state index in [4.69, 9.17) is 23.2 Å². The minimum atomic E-state index is -1.10. The van der Waals surface area contributed by atoms with E-state index >= 15 is 0 Å². The molecule has 7 nitrogen and oxygen atoms in total. The highest BCUT2D eigenvalue weighted by molar-refractivity contribution is 6.35. The summed E-state index contributed by atoms with van der Waals surface area (Å²) in [4.78, 5) is 34.9. The van der Waals surface area contributed by atoms with Gasteiger partial charge in [0.15, 0.2) is 0 Å². The Bertz CT molecular complexity index is 1040. The van der Waals surface area contributed by atoms with E-state index in [-0.39, 0.29) is 22.0 Å². The van der Waals surface area contributed by atoms with Crippen LogP contribution in [0.1, 0.15) is 36.3 Å². The van der Waals surface area contributed by atoms with Crippen molar-refractivity contribution in [3.8, 4) is 6.07 Å². The van der Waals surface area contributed by atoms with E-state index < -0.39 is 17.7 Å². The van der Waals surface area contributed by atoms with E-state index in [1.807, 2.05) is 11.0 Å². The van der Waals surface area contributed by atoms with Crippen LogP contribution in [-0.4, -0.2) is 29.0 Å². The Morgan fingerprint density at radius 3 is 2.61 bits per heavy atom. The Hall–Kier alpha value is -2.56. The molecule has 0 spiro atoms. The number of hydrogen-bond donors (Lipinski definition) is 2. The van der Waals surface area contributed by atoms with E-state index in [2.05, 4.69) is 15.3 Å². The fourth-order valence-corrected chi connectivity index (χ4v) is 4.37. The van der Waals surface area contributed by atoms with Crippen LogP contribution in [0.4, 0.5) is 11.8 Å². The van der Waals surface area contributed by atoms with Crippen molar-refractivity contribution in [3.05, 3.63) is 49.7 Å². The molecule has 4 rings (SSSR count). The predicted octanol–water partition coefficient (Wildman–Crippen LogP) is 3.29. The zero-order chi connectivity index (χ0) is 19.8. The summed E-state index contributed by atoms with van der Waals surface area (Å²) in [7, 11) is 0. The first-order valence-corrected chi connectivity index (χ1v) is 9.80. The predicted molar refractivity (Wildman–Crippen MR) is 107 cm³/mol. The van der Waals surface area contributed by atoms with Crippen LogP contribution < -0.4 is 15.8 Å². The van der Waals surface area contributed by atoms with Gasteiger partial charge in [0.25, 0.3) is 5.56 Å². The maximum atomic E-state index is 13.0. The molecule has 2 N–H and O–H groups in total. The van der Waals surface area contributed by atoms with Gasteiger partial charge in [0.05, 0.1) is 11.6 Å². The zero-order valence-corrected chi connectivity index (χ0v) is 16.3. The maximum absolute atomic E-state index is 13.0. The number of piperidine rings is 1. The molecule has 1 aromatic carbocycles. The van der Waals surface area contributed by atoms with Crippen molar-refractivity contribution in [1.82, 2.24) is 9.97 Å². The summed E-state index contributed by atoms with van der Waals surface area (Å²) >= 11 is 12.3. The van der Waals surface area contributed by atoms with Crippen molar-refractivity contribution in [2.45, 2.75) is 25.2 Å². The van der Waals surface area contributed by atoms with Gasteiger partial charge >= 0.3 is 0 Å². The van der Waals surface area contributed by atoms with Gasteiger partial charge in [0.2, 0.25) is 11.9 Å². The van der Waals surface area contributed by atoms with Crippen molar-refractivity contribution in [2.75, 3.05) is 23.3 Å². The number of benzene rings is 1. The summed E-state index contributed by atoms with van der Waals surface area (Å²) in [6.45, 7) is 1.59. The molecule has 3 heterocycles. The number of nitrogens with zero attached hydrogens (tertiary/aromatic N) is 3. The molecule has 2 aromatic rings. The molecule has 2 aliphatic rings. The van der Waals surface area contributed by atoms with Gasteiger partial charge in [0.1, 0.15) is 11.7 Å². The molecule has 2 atom stereocenters. The third-order valence-electron chi connectivity index (χ3n) is 5.20. The number of aromatic nitrogens is 2. The minimum Gasteiger partial charge on any atom is -0.342 e. The van der Waals surface area contributed by atoms with Crippen LogP contribution in [-0.2, 0) is 4.79 Å². The number of nitriles is 1. The smallest absolute Gasteiger partial charge is 0.258 e. The highest BCUT2D eigenvalue weighted by Gasteiger charge is 2.41. The highest BCUT2D eigenvalue weighted by atomic mass is 35.5. The Morgan fingerprint density at radius 2 is 1.93 bits per heavy atom. The average Bonchev–Trinajstić information content (AvgIpc) is 2.67. The van der Waals surface area contributed by atoms with E-state index in [0.29, 0.717) is 16.5 Å². The molecule has 9 heteroatoms. The quantitative estimate of drug-likeness (QED) is 0.780. The molecular formula is C19H17Cl2N5O2. The topological polar surface area (TPSA) is 102 Å². The summed E-state index contributed by atoms with van der Waals surface area (Å²) in [6, 6.07) is 6.78. The van der Waals surface area contributed by atoms with Crippen LogP contribution in [0.15, 0.2) is 23.0 Å². The van der Waals surface area contributed by atoms with E-state index in [1.165, 1.54) is 6.07 Å². The summed E-state index contributed by atoms with van der Waals surface area (Å²) < 4.78 is 0. The molecule has 1 fully saturated rings. The largest absolute Gasteiger partial charge is 0.342 e. The van der Waals surface area contributed by atoms with Gasteiger partial charge in [-0.25, -0.2) is 0 Å². The monoisotopic (exact) mass is 417 g/mol. The fourth-order valence-electron chi connectivity index (χ4n) is 3.84. The summed E-state index contributed by atoms with van der Waals surface area (Å²) in [5, 5.41) is 12.9. The third kappa shape index (κ3) is 3.23. The minimum absolute atomic E-state index is 0.178. The summed E-state index contributed by atoms with van der Waals surface area (Å²) in [5.41, 5.74) is 0.338. The van der Waals surface area contributed by atoms with E-state index in [0.717, 1.165) is 32.4 Å². The first kappa shape index (κ1) is 18.8. The van der Waals surface area contributed by atoms with Crippen LogP contribution in [0.3, 0.4) is 0 Å². The summed E-state index contributed by atoms with van der Waals surface area (Å²) in [5.74, 6) is -1.83. The molecule has 1 amide bonds. The van der Waals surface area contributed by atoms with Crippen molar-refractivity contribution in [3.63, 3.8) is 0 Å².